The lowest BCUT2D eigenvalue weighted by molar-refractivity contribution is 0.264. The van der Waals surface area contributed by atoms with Crippen molar-refractivity contribution in [2.45, 2.75) is 33.2 Å². The molecule has 0 bridgehead atoms. The van der Waals surface area contributed by atoms with Gasteiger partial charge in [0.05, 0.1) is 18.1 Å². The molecule has 0 aliphatic carbocycles. The highest BCUT2D eigenvalue weighted by Gasteiger charge is 2.18. The van der Waals surface area contributed by atoms with E-state index >= 15 is 0 Å². The summed E-state index contributed by atoms with van der Waals surface area (Å²) in [5.41, 5.74) is 6.68. The predicted molar refractivity (Wildman–Crippen MR) is 86.1 cm³/mol. The first-order valence-electron chi connectivity index (χ1n) is 7.26. The molecule has 0 heterocycles. The molecule has 2 N–H and O–H groups in total. The van der Waals surface area contributed by atoms with Crippen LogP contribution < -0.4 is 10.5 Å². The molecule has 2 aromatic carbocycles. The molecule has 1 atom stereocenters. The van der Waals surface area contributed by atoms with E-state index in [1.165, 1.54) is 0 Å². The van der Waals surface area contributed by atoms with Crippen molar-refractivity contribution in [2.75, 3.05) is 6.61 Å². The summed E-state index contributed by atoms with van der Waals surface area (Å²) < 4.78 is 6.02. The van der Waals surface area contributed by atoms with Gasteiger partial charge in [0.1, 0.15) is 5.75 Å². The highest BCUT2D eigenvalue weighted by atomic mass is 16.5. The second kappa shape index (κ2) is 6.15. The summed E-state index contributed by atoms with van der Waals surface area (Å²) in [7, 11) is 0. The van der Waals surface area contributed by atoms with Crippen LogP contribution in [-0.2, 0) is 0 Å². The van der Waals surface area contributed by atoms with Crippen LogP contribution >= 0.6 is 0 Å². The number of benzene rings is 2. The Morgan fingerprint density at radius 3 is 2.62 bits per heavy atom. The third-order valence-electron chi connectivity index (χ3n) is 3.68. The van der Waals surface area contributed by atoms with E-state index in [4.69, 9.17) is 15.7 Å². The highest BCUT2D eigenvalue weighted by molar-refractivity contribution is 5.89. The van der Waals surface area contributed by atoms with E-state index in [2.05, 4.69) is 18.2 Å². The number of hydrogen-bond acceptors (Lipinski definition) is 3. The van der Waals surface area contributed by atoms with Crippen LogP contribution in [0, 0.1) is 16.7 Å². The molecular formula is C18H22N2O. The summed E-state index contributed by atoms with van der Waals surface area (Å²) in [6, 6.07) is 14.4. The fraction of sp³-hybridized carbons (Fsp3) is 0.389. The minimum atomic E-state index is -0.376. The molecule has 0 saturated heterocycles. The van der Waals surface area contributed by atoms with Crippen molar-refractivity contribution >= 4 is 10.8 Å². The summed E-state index contributed by atoms with van der Waals surface area (Å²) in [4.78, 5) is 0. The van der Waals surface area contributed by atoms with Crippen LogP contribution in [0.1, 0.15) is 38.8 Å². The number of ether oxygens (including phenoxy) is 1. The Bertz CT molecular complexity index is 668. The lowest BCUT2D eigenvalue weighted by Crippen LogP contribution is -2.15. The molecule has 0 amide bonds. The maximum Gasteiger partial charge on any atom is 0.131 e. The number of nitrogens with two attached hydrogens (primary N) is 1. The van der Waals surface area contributed by atoms with E-state index < -0.39 is 0 Å². The van der Waals surface area contributed by atoms with Crippen LogP contribution in [0.3, 0.4) is 0 Å². The quantitative estimate of drug-likeness (QED) is 0.895. The topological polar surface area (TPSA) is 59.0 Å². The zero-order valence-electron chi connectivity index (χ0n) is 12.9. The summed E-state index contributed by atoms with van der Waals surface area (Å²) >= 11 is 0. The maximum absolute atomic E-state index is 9.08. The van der Waals surface area contributed by atoms with Gasteiger partial charge < -0.3 is 10.5 Å². The first kappa shape index (κ1) is 15.3. The molecule has 0 unspecified atom stereocenters. The first-order chi connectivity index (χ1) is 9.94. The van der Waals surface area contributed by atoms with Gasteiger partial charge in [-0.2, -0.15) is 5.26 Å². The van der Waals surface area contributed by atoms with Crippen molar-refractivity contribution in [1.82, 2.24) is 0 Å². The van der Waals surface area contributed by atoms with Gasteiger partial charge in [0.2, 0.25) is 0 Å². The Balaban J connectivity index is 2.32. The SMILES string of the molecule is C[C@@H](N)c1ccc2ccccc2c1OCCC(C)(C)C#N. The lowest BCUT2D eigenvalue weighted by atomic mass is 9.92. The van der Waals surface area contributed by atoms with Crippen molar-refractivity contribution < 1.29 is 4.74 Å². The molecule has 2 rings (SSSR count). The molecule has 21 heavy (non-hydrogen) atoms. The number of nitriles is 1. The average Bonchev–Trinajstić information content (AvgIpc) is 2.47. The molecule has 0 aliphatic heterocycles. The first-order valence-corrected chi connectivity index (χ1v) is 7.26. The Kier molecular flexibility index (Phi) is 4.50. The summed E-state index contributed by atoms with van der Waals surface area (Å²) in [6.07, 6.45) is 0.686. The maximum atomic E-state index is 9.08. The third-order valence-corrected chi connectivity index (χ3v) is 3.68. The number of rotatable bonds is 5. The second-order valence-electron chi connectivity index (χ2n) is 6.09. The van der Waals surface area contributed by atoms with E-state index in [9.17, 15) is 0 Å². The summed E-state index contributed by atoms with van der Waals surface area (Å²) in [5, 5.41) is 11.3. The molecule has 0 fully saturated rings. The van der Waals surface area contributed by atoms with Crippen LogP contribution in [0.5, 0.6) is 5.75 Å². The zero-order valence-corrected chi connectivity index (χ0v) is 12.9. The van der Waals surface area contributed by atoms with Gasteiger partial charge in [0, 0.05) is 17.0 Å². The van der Waals surface area contributed by atoms with Crippen molar-refractivity contribution in [3.8, 4) is 11.8 Å². The zero-order chi connectivity index (χ0) is 15.5. The lowest BCUT2D eigenvalue weighted by Gasteiger charge is -2.19. The van der Waals surface area contributed by atoms with Crippen molar-refractivity contribution in [1.29, 1.82) is 5.26 Å². The fourth-order valence-corrected chi connectivity index (χ4v) is 2.24. The van der Waals surface area contributed by atoms with E-state index in [0.717, 1.165) is 22.1 Å². The van der Waals surface area contributed by atoms with E-state index in [1.807, 2.05) is 45.0 Å². The second-order valence-corrected chi connectivity index (χ2v) is 6.09. The van der Waals surface area contributed by atoms with Gasteiger partial charge in [-0.15, -0.1) is 0 Å². The van der Waals surface area contributed by atoms with E-state index in [1.54, 1.807) is 0 Å². The highest BCUT2D eigenvalue weighted by Crippen LogP contribution is 2.33. The van der Waals surface area contributed by atoms with Gasteiger partial charge in [-0.25, -0.2) is 0 Å². The van der Waals surface area contributed by atoms with Crippen molar-refractivity contribution in [2.24, 2.45) is 11.1 Å². The van der Waals surface area contributed by atoms with Gasteiger partial charge in [0.25, 0.3) is 0 Å². The molecule has 2 aromatic rings. The molecule has 0 saturated carbocycles. The van der Waals surface area contributed by atoms with Crippen LogP contribution in [0.2, 0.25) is 0 Å². The minimum absolute atomic E-state index is 0.0893. The third kappa shape index (κ3) is 3.53. The van der Waals surface area contributed by atoms with Crippen molar-refractivity contribution in [3.63, 3.8) is 0 Å². The van der Waals surface area contributed by atoms with Crippen molar-refractivity contribution in [3.05, 3.63) is 42.0 Å². The van der Waals surface area contributed by atoms with Crippen LogP contribution in [0.25, 0.3) is 10.8 Å². The monoisotopic (exact) mass is 282 g/mol. The largest absolute Gasteiger partial charge is 0.493 e. The molecule has 0 spiro atoms. The van der Waals surface area contributed by atoms with Gasteiger partial charge in [0.15, 0.2) is 0 Å². The molecule has 3 nitrogen and oxygen atoms in total. The molecule has 0 aliphatic rings. The Morgan fingerprint density at radius 1 is 1.24 bits per heavy atom. The van der Waals surface area contributed by atoms with Gasteiger partial charge in [-0.05, 0) is 32.6 Å². The molecule has 0 aromatic heterocycles. The number of hydrogen-bond donors (Lipinski definition) is 1. The summed E-state index contributed by atoms with van der Waals surface area (Å²) in [5.74, 6) is 0.844. The number of nitrogens with zero attached hydrogens (tertiary/aromatic N) is 1. The smallest absolute Gasteiger partial charge is 0.131 e. The standard InChI is InChI=1S/C18H22N2O/c1-13(20)15-9-8-14-6-4-5-7-16(14)17(15)21-11-10-18(2,3)12-19/h4-9,13H,10-11,20H2,1-3H3/t13-/m1/s1. The van der Waals surface area contributed by atoms with Crippen LogP contribution in [-0.4, -0.2) is 6.61 Å². The minimum Gasteiger partial charge on any atom is -0.493 e. The fourth-order valence-electron chi connectivity index (χ4n) is 2.24. The normalized spacial score (nSPS) is 12.9. The van der Waals surface area contributed by atoms with Gasteiger partial charge >= 0.3 is 0 Å². The molecule has 0 radical (unpaired) electrons. The number of fused-ring (bicyclic) bond motifs is 1. The van der Waals surface area contributed by atoms with Gasteiger partial charge in [-0.1, -0.05) is 36.4 Å². The molecular weight excluding hydrogens is 260 g/mol. The molecule has 110 valence electrons. The van der Waals surface area contributed by atoms with E-state index in [0.29, 0.717) is 13.0 Å². The van der Waals surface area contributed by atoms with Gasteiger partial charge in [-0.3, -0.25) is 0 Å². The predicted octanol–water partition coefficient (Wildman–Crippen LogP) is 4.18. The van der Waals surface area contributed by atoms with E-state index in [-0.39, 0.29) is 11.5 Å². The molecule has 3 heteroatoms. The Morgan fingerprint density at radius 2 is 1.95 bits per heavy atom. The Labute approximate surface area is 126 Å². The summed E-state index contributed by atoms with van der Waals surface area (Å²) in [6.45, 7) is 6.31. The van der Waals surface area contributed by atoms with Crippen LogP contribution in [0.4, 0.5) is 0 Å². The Hall–Kier alpha value is -2.05. The average molecular weight is 282 g/mol. The van der Waals surface area contributed by atoms with Crippen LogP contribution in [0.15, 0.2) is 36.4 Å².